The molecule has 1 aliphatic rings. The predicted octanol–water partition coefficient (Wildman–Crippen LogP) is 2.07. The Hall–Kier alpha value is -1.61. The van der Waals surface area contributed by atoms with Gasteiger partial charge >= 0.3 is 0 Å². The Morgan fingerprint density at radius 2 is 2.17 bits per heavy atom. The van der Waals surface area contributed by atoms with E-state index in [9.17, 15) is 4.79 Å². The van der Waals surface area contributed by atoms with Gasteiger partial charge in [-0.1, -0.05) is 18.2 Å². The Bertz CT molecular complexity index is 597. The monoisotopic (exact) mass is 242 g/mol. The van der Waals surface area contributed by atoms with Crippen molar-refractivity contribution in [2.24, 2.45) is 5.92 Å². The van der Waals surface area contributed by atoms with Gasteiger partial charge in [-0.15, -0.1) is 0 Å². The van der Waals surface area contributed by atoms with Crippen molar-refractivity contribution in [3.8, 4) is 0 Å². The molecular formula is C15H18N2O. The molecular weight excluding hydrogens is 224 g/mol. The van der Waals surface area contributed by atoms with Crippen molar-refractivity contribution in [3.63, 3.8) is 0 Å². The minimum Gasteiger partial charge on any atom is -0.322 e. The first kappa shape index (κ1) is 11.5. The Balaban J connectivity index is 1.91. The van der Waals surface area contributed by atoms with Gasteiger partial charge in [0.15, 0.2) is 0 Å². The van der Waals surface area contributed by atoms with E-state index < -0.39 is 0 Å². The molecule has 1 atom stereocenters. The molecule has 3 rings (SSSR count). The third-order valence-corrected chi connectivity index (χ3v) is 3.74. The van der Waals surface area contributed by atoms with Gasteiger partial charge in [0.1, 0.15) is 0 Å². The number of hydrogen-bond acceptors (Lipinski definition) is 2. The molecule has 0 aliphatic carbocycles. The zero-order chi connectivity index (χ0) is 12.4. The summed E-state index contributed by atoms with van der Waals surface area (Å²) in [7, 11) is 0. The second-order valence-corrected chi connectivity index (χ2v) is 5.13. The molecule has 2 N–H and O–H groups in total. The highest BCUT2D eigenvalue weighted by Crippen LogP contribution is 2.17. The highest BCUT2D eigenvalue weighted by Gasteiger charge is 2.15. The van der Waals surface area contributed by atoms with Crippen molar-refractivity contribution in [1.82, 2.24) is 10.3 Å². The van der Waals surface area contributed by atoms with E-state index in [0.717, 1.165) is 36.0 Å². The van der Waals surface area contributed by atoms with Crippen LogP contribution in [0.5, 0.6) is 0 Å². The van der Waals surface area contributed by atoms with Crippen LogP contribution in [0, 0.1) is 5.92 Å². The third kappa shape index (κ3) is 2.31. The normalized spacial score (nSPS) is 20.1. The molecule has 0 bridgehead atoms. The third-order valence-electron chi connectivity index (χ3n) is 3.74. The smallest absolute Gasteiger partial charge is 0.251 e. The van der Waals surface area contributed by atoms with E-state index in [1.165, 1.54) is 12.8 Å². The molecule has 1 aromatic carbocycles. The number of benzene rings is 1. The number of hydrogen-bond donors (Lipinski definition) is 2. The van der Waals surface area contributed by atoms with Gasteiger partial charge in [-0.25, -0.2) is 0 Å². The molecule has 1 fully saturated rings. The minimum absolute atomic E-state index is 0.0688. The van der Waals surface area contributed by atoms with Gasteiger partial charge in [-0.05, 0) is 55.8 Å². The summed E-state index contributed by atoms with van der Waals surface area (Å²) in [4.78, 5) is 15.0. The van der Waals surface area contributed by atoms with Gasteiger partial charge in [-0.3, -0.25) is 4.79 Å². The number of aromatic nitrogens is 1. The molecule has 0 saturated carbocycles. The molecule has 3 heteroatoms. The van der Waals surface area contributed by atoms with E-state index in [1.807, 2.05) is 30.3 Å². The summed E-state index contributed by atoms with van der Waals surface area (Å²) in [6, 6.07) is 9.99. The number of pyridine rings is 1. The van der Waals surface area contributed by atoms with Crippen LogP contribution >= 0.6 is 0 Å². The van der Waals surface area contributed by atoms with Crippen molar-refractivity contribution in [1.29, 1.82) is 0 Å². The number of fused-ring (bicyclic) bond motifs is 1. The van der Waals surface area contributed by atoms with Crippen LogP contribution in [0.2, 0.25) is 0 Å². The number of rotatable bonds is 2. The lowest BCUT2D eigenvalue weighted by Gasteiger charge is -2.22. The number of aromatic amines is 1. The van der Waals surface area contributed by atoms with Crippen LogP contribution in [0.4, 0.5) is 0 Å². The first-order chi connectivity index (χ1) is 8.83. The second-order valence-electron chi connectivity index (χ2n) is 5.13. The summed E-state index contributed by atoms with van der Waals surface area (Å²) >= 11 is 0. The molecule has 94 valence electrons. The second kappa shape index (κ2) is 4.94. The summed E-state index contributed by atoms with van der Waals surface area (Å²) in [5.41, 5.74) is 1.91. The van der Waals surface area contributed by atoms with Crippen LogP contribution in [0.25, 0.3) is 10.9 Å². The van der Waals surface area contributed by atoms with Crippen molar-refractivity contribution < 1.29 is 0 Å². The molecule has 2 aromatic rings. The fourth-order valence-electron chi connectivity index (χ4n) is 2.75. The van der Waals surface area contributed by atoms with Gasteiger partial charge < -0.3 is 10.3 Å². The maximum atomic E-state index is 12.0. The predicted molar refractivity (Wildman–Crippen MR) is 73.9 cm³/mol. The van der Waals surface area contributed by atoms with Crippen LogP contribution in [-0.4, -0.2) is 18.1 Å². The maximum Gasteiger partial charge on any atom is 0.251 e. The van der Waals surface area contributed by atoms with E-state index >= 15 is 0 Å². The summed E-state index contributed by atoms with van der Waals surface area (Å²) in [5.74, 6) is 0.598. The zero-order valence-electron chi connectivity index (χ0n) is 10.4. The number of piperidine rings is 1. The quantitative estimate of drug-likeness (QED) is 0.846. The Kier molecular flexibility index (Phi) is 3.15. The molecule has 3 nitrogen and oxygen atoms in total. The highest BCUT2D eigenvalue weighted by molar-refractivity contribution is 5.78. The zero-order valence-corrected chi connectivity index (χ0v) is 10.4. The van der Waals surface area contributed by atoms with E-state index in [-0.39, 0.29) is 5.56 Å². The van der Waals surface area contributed by atoms with E-state index in [4.69, 9.17) is 0 Å². The molecule has 0 spiro atoms. The van der Waals surface area contributed by atoms with E-state index in [2.05, 4.69) is 10.3 Å². The summed E-state index contributed by atoms with van der Waals surface area (Å²) < 4.78 is 0. The minimum atomic E-state index is 0.0688. The Morgan fingerprint density at radius 3 is 3.00 bits per heavy atom. The number of para-hydroxylation sites is 1. The summed E-state index contributed by atoms with van der Waals surface area (Å²) in [6.07, 6.45) is 3.32. The van der Waals surface area contributed by atoms with E-state index in [0.29, 0.717) is 5.92 Å². The standard InChI is InChI=1S/C15H18N2O/c18-15-13(8-11-4-3-7-16-10-11)9-12-5-1-2-6-14(12)17-15/h1-2,5-6,9,11,16H,3-4,7-8,10H2,(H,17,18). The highest BCUT2D eigenvalue weighted by atomic mass is 16.1. The van der Waals surface area contributed by atoms with Crippen molar-refractivity contribution in [2.75, 3.05) is 13.1 Å². The van der Waals surface area contributed by atoms with Crippen molar-refractivity contribution in [3.05, 3.63) is 46.2 Å². The van der Waals surface area contributed by atoms with Gasteiger partial charge in [0.25, 0.3) is 5.56 Å². The molecule has 2 heterocycles. The summed E-state index contributed by atoms with van der Waals surface area (Å²) in [6.45, 7) is 2.15. The fraction of sp³-hybridized carbons (Fsp3) is 0.400. The van der Waals surface area contributed by atoms with Crippen LogP contribution < -0.4 is 10.9 Å². The van der Waals surface area contributed by atoms with Gasteiger partial charge in [0, 0.05) is 11.1 Å². The maximum absolute atomic E-state index is 12.0. The topological polar surface area (TPSA) is 44.9 Å². The van der Waals surface area contributed by atoms with Crippen LogP contribution in [0.1, 0.15) is 18.4 Å². The van der Waals surface area contributed by atoms with Crippen LogP contribution in [0.3, 0.4) is 0 Å². The molecule has 1 unspecified atom stereocenters. The Morgan fingerprint density at radius 1 is 1.28 bits per heavy atom. The molecule has 0 radical (unpaired) electrons. The van der Waals surface area contributed by atoms with Crippen LogP contribution in [-0.2, 0) is 6.42 Å². The number of nitrogens with one attached hydrogen (secondary N) is 2. The molecule has 1 aromatic heterocycles. The van der Waals surface area contributed by atoms with Gasteiger partial charge in [-0.2, -0.15) is 0 Å². The Labute approximate surface area is 106 Å². The lowest BCUT2D eigenvalue weighted by Crippen LogP contribution is -2.32. The molecule has 1 aliphatic heterocycles. The first-order valence-electron chi connectivity index (χ1n) is 6.64. The van der Waals surface area contributed by atoms with Gasteiger partial charge in [0.2, 0.25) is 0 Å². The van der Waals surface area contributed by atoms with Crippen molar-refractivity contribution >= 4 is 10.9 Å². The molecule has 1 saturated heterocycles. The lowest BCUT2D eigenvalue weighted by atomic mass is 9.92. The SMILES string of the molecule is O=c1[nH]c2ccccc2cc1CC1CCCNC1. The average molecular weight is 242 g/mol. The average Bonchev–Trinajstić information content (AvgIpc) is 2.41. The molecule has 0 amide bonds. The fourth-order valence-corrected chi connectivity index (χ4v) is 2.75. The first-order valence-corrected chi connectivity index (χ1v) is 6.64. The van der Waals surface area contributed by atoms with E-state index in [1.54, 1.807) is 0 Å². The number of H-pyrrole nitrogens is 1. The van der Waals surface area contributed by atoms with Crippen LogP contribution in [0.15, 0.2) is 35.1 Å². The lowest BCUT2D eigenvalue weighted by molar-refractivity contribution is 0.375. The summed E-state index contributed by atoms with van der Waals surface area (Å²) in [5, 5.41) is 4.52. The van der Waals surface area contributed by atoms with Gasteiger partial charge in [0.05, 0.1) is 0 Å². The largest absolute Gasteiger partial charge is 0.322 e. The molecule has 18 heavy (non-hydrogen) atoms. The van der Waals surface area contributed by atoms with Crippen molar-refractivity contribution in [2.45, 2.75) is 19.3 Å².